The second-order valence-electron chi connectivity index (χ2n) is 5.53. The van der Waals surface area contributed by atoms with Crippen LogP contribution in [0.15, 0.2) is 48.5 Å². The Morgan fingerprint density at radius 3 is 2.62 bits per heavy atom. The van der Waals surface area contributed by atoms with Gasteiger partial charge in [0.15, 0.2) is 0 Å². The Balaban J connectivity index is 1.42. The largest absolute Gasteiger partial charge is 0.465 e. The number of methoxy groups -OCH3 is 1. The molecule has 7 heteroatoms. The highest BCUT2D eigenvalue weighted by atomic mass is 32.1. The van der Waals surface area contributed by atoms with Crippen LogP contribution in [0.4, 0.5) is 0 Å². The fraction of sp³-hybridized carbons (Fsp3) is 0.211. The number of rotatable bonds is 7. The van der Waals surface area contributed by atoms with E-state index in [2.05, 4.69) is 15.0 Å². The Bertz CT molecular complexity index is 872. The van der Waals surface area contributed by atoms with Crippen molar-refractivity contribution in [2.45, 2.75) is 13.2 Å². The number of carbonyl (C=O) groups is 2. The summed E-state index contributed by atoms with van der Waals surface area (Å²) in [7, 11) is 1.34. The fourth-order valence-electron chi connectivity index (χ4n) is 2.34. The number of thiazole rings is 1. The topological polar surface area (TPSA) is 77.5 Å². The monoisotopic (exact) mass is 370 g/mol. The number of benzene rings is 2. The summed E-state index contributed by atoms with van der Waals surface area (Å²) in [5.74, 6) is -0.591. The van der Waals surface area contributed by atoms with Gasteiger partial charge in [-0.15, -0.1) is 11.3 Å². The van der Waals surface area contributed by atoms with Gasteiger partial charge in [-0.25, -0.2) is 9.78 Å². The predicted octanol–water partition coefficient (Wildman–Crippen LogP) is 2.92. The molecule has 26 heavy (non-hydrogen) atoms. The second kappa shape index (κ2) is 8.55. The molecule has 0 atom stereocenters. The maximum atomic E-state index is 11.9. The molecule has 0 saturated heterocycles. The van der Waals surface area contributed by atoms with Crippen LogP contribution < -0.4 is 5.32 Å². The summed E-state index contributed by atoms with van der Waals surface area (Å²) in [6.07, 6.45) is 0. The molecular formula is C19H18N2O4S. The number of nitrogens with one attached hydrogen (secondary N) is 1. The molecule has 0 saturated carbocycles. The highest BCUT2D eigenvalue weighted by Crippen LogP contribution is 2.21. The molecule has 0 fully saturated rings. The first kappa shape index (κ1) is 18.0. The van der Waals surface area contributed by atoms with Gasteiger partial charge in [0, 0.05) is 6.54 Å². The van der Waals surface area contributed by atoms with E-state index in [1.807, 2.05) is 24.3 Å². The Labute approximate surface area is 154 Å². The van der Waals surface area contributed by atoms with E-state index in [-0.39, 0.29) is 18.5 Å². The zero-order chi connectivity index (χ0) is 18.4. The molecule has 0 bridgehead atoms. The number of nitrogens with zero attached hydrogens (tertiary/aromatic N) is 1. The van der Waals surface area contributed by atoms with Crippen LogP contribution in [0.2, 0.25) is 0 Å². The Kier molecular flexibility index (Phi) is 5.93. The van der Waals surface area contributed by atoms with Gasteiger partial charge in [-0.1, -0.05) is 24.3 Å². The standard InChI is InChI=1S/C19H18N2O4S/c1-24-19(23)14-8-6-13(7-9-14)10-20-17(22)11-25-12-18-21-15-4-2-3-5-16(15)26-18/h2-9H,10-12H2,1H3,(H,20,22). The van der Waals surface area contributed by atoms with E-state index in [4.69, 9.17) is 4.74 Å². The number of amides is 1. The van der Waals surface area contributed by atoms with Gasteiger partial charge >= 0.3 is 5.97 Å². The van der Waals surface area contributed by atoms with E-state index < -0.39 is 0 Å². The minimum Gasteiger partial charge on any atom is -0.465 e. The van der Waals surface area contributed by atoms with Crippen molar-refractivity contribution in [1.82, 2.24) is 10.3 Å². The minimum atomic E-state index is -0.385. The van der Waals surface area contributed by atoms with Gasteiger partial charge < -0.3 is 14.8 Å². The lowest BCUT2D eigenvalue weighted by Gasteiger charge is -2.06. The van der Waals surface area contributed by atoms with Gasteiger partial charge in [-0.2, -0.15) is 0 Å². The van der Waals surface area contributed by atoms with Crippen molar-refractivity contribution in [3.05, 3.63) is 64.7 Å². The molecule has 0 radical (unpaired) electrons. The maximum absolute atomic E-state index is 11.9. The lowest BCUT2D eigenvalue weighted by Crippen LogP contribution is -2.27. The third-order valence-corrected chi connectivity index (χ3v) is 4.67. The molecule has 3 aromatic rings. The average molecular weight is 370 g/mol. The molecule has 1 aromatic heterocycles. The normalized spacial score (nSPS) is 10.7. The first-order chi connectivity index (χ1) is 12.7. The first-order valence-electron chi connectivity index (χ1n) is 8.02. The molecule has 0 spiro atoms. The lowest BCUT2D eigenvalue weighted by molar-refractivity contribution is -0.126. The van der Waals surface area contributed by atoms with Crippen molar-refractivity contribution in [3.8, 4) is 0 Å². The van der Waals surface area contributed by atoms with Crippen LogP contribution in [0.1, 0.15) is 20.9 Å². The van der Waals surface area contributed by atoms with Crippen LogP contribution >= 0.6 is 11.3 Å². The van der Waals surface area contributed by atoms with Gasteiger partial charge in [-0.05, 0) is 29.8 Å². The lowest BCUT2D eigenvalue weighted by atomic mass is 10.1. The van der Waals surface area contributed by atoms with E-state index in [0.717, 1.165) is 20.8 Å². The molecule has 2 aromatic carbocycles. The molecule has 1 amide bonds. The zero-order valence-electron chi connectivity index (χ0n) is 14.2. The second-order valence-corrected chi connectivity index (χ2v) is 6.65. The fourth-order valence-corrected chi connectivity index (χ4v) is 3.25. The number of esters is 1. The Morgan fingerprint density at radius 1 is 1.12 bits per heavy atom. The number of aromatic nitrogens is 1. The number of para-hydroxylation sites is 1. The van der Waals surface area contributed by atoms with Gasteiger partial charge in [0.1, 0.15) is 11.6 Å². The van der Waals surface area contributed by atoms with E-state index in [1.165, 1.54) is 7.11 Å². The van der Waals surface area contributed by atoms with E-state index in [9.17, 15) is 9.59 Å². The molecule has 0 aliphatic heterocycles. The van der Waals surface area contributed by atoms with Crippen LogP contribution in [0, 0.1) is 0 Å². The summed E-state index contributed by atoms with van der Waals surface area (Å²) in [4.78, 5) is 27.7. The van der Waals surface area contributed by atoms with E-state index >= 15 is 0 Å². The molecule has 1 N–H and O–H groups in total. The quantitative estimate of drug-likeness (QED) is 0.647. The van der Waals surface area contributed by atoms with Crippen molar-refractivity contribution < 1.29 is 19.1 Å². The van der Waals surface area contributed by atoms with Crippen molar-refractivity contribution in [3.63, 3.8) is 0 Å². The number of carbonyl (C=O) groups excluding carboxylic acids is 2. The van der Waals surface area contributed by atoms with Crippen molar-refractivity contribution in [1.29, 1.82) is 0 Å². The smallest absolute Gasteiger partial charge is 0.337 e. The number of hydrogen-bond acceptors (Lipinski definition) is 6. The summed E-state index contributed by atoms with van der Waals surface area (Å²) in [6.45, 7) is 0.640. The number of hydrogen-bond donors (Lipinski definition) is 1. The summed E-state index contributed by atoms with van der Waals surface area (Å²) < 4.78 is 11.2. The summed E-state index contributed by atoms with van der Waals surface area (Å²) in [5.41, 5.74) is 2.30. The van der Waals surface area contributed by atoms with E-state index in [0.29, 0.717) is 18.7 Å². The molecular weight excluding hydrogens is 352 g/mol. The molecule has 1 heterocycles. The van der Waals surface area contributed by atoms with Gasteiger partial charge in [-0.3, -0.25) is 4.79 Å². The van der Waals surface area contributed by atoms with Crippen LogP contribution in [0.5, 0.6) is 0 Å². The SMILES string of the molecule is COC(=O)c1ccc(CNC(=O)COCc2nc3ccccc3s2)cc1. The summed E-state index contributed by atoms with van der Waals surface area (Å²) >= 11 is 1.56. The molecule has 134 valence electrons. The number of fused-ring (bicyclic) bond motifs is 1. The van der Waals surface area contributed by atoms with Crippen molar-refractivity contribution in [2.24, 2.45) is 0 Å². The molecule has 0 aliphatic rings. The van der Waals surface area contributed by atoms with Crippen molar-refractivity contribution in [2.75, 3.05) is 13.7 Å². The number of ether oxygens (including phenoxy) is 2. The first-order valence-corrected chi connectivity index (χ1v) is 8.83. The third-order valence-electron chi connectivity index (χ3n) is 3.66. The maximum Gasteiger partial charge on any atom is 0.337 e. The Hall–Kier alpha value is -2.77. The molecule has 0 unspecified atom stereocenters. The van der Waals surface area contributed by atoms with Gasteiger partial charge in [0.2, 0.25) is 5.91 Å². The van der Waals surface area contributed by atoms with Crippen LogP contribution in [-0.4, -0.2) is 30.6 Å². The van der Waals surface area contributed by atoms with Crippen molar-refractivity contribution >= 4 is 33.4 Å². The minimum absolute atomic E-state index is 0.0316. The molecule has 0 aliphatic carbocycles. The van der Waals surface area contributed by atoms with Crippen LogP contribution in [-0.2, 0) is 27.4 Å². The highest BCUT2D eigenvalue weighted by Gasteiger charge is 2.07. The third kappa shape index (κ3) is 4.65. The highest BCUT2D eigenvalue weighted by molar-refractivity contribution is 7.18. The van der Waals surface area contributed by atoms with Crippen LogP contribution in [0.25, 0.3) is 10.2 Å². The average Bonchev–Trinajstić information content (AvgIpc) is 3.09. The summed E-state index contributed by atoms with van der Waals surface area (Å²) in [5, 5.41) is 3.62. The van der Waals surface area contributed by atoms with Gasteiger partial charge in [0.05, 0.1) is 29.5 Å². The van der Waals surface area contributed by atoms with E-state index in [1.54, 1.807) is 35.6 Å². The predicted molar refractivity (Wildman–Crippen MR) is 98.9 cm³/mol. The molecule has 6 nitrogen and oxygen atoms in total. The Morgan fingerprint density at radius 2 is 1.88 bits per heavy atom. The molecule has 3 rings (SSSR count). The zero-order valence-corrected chi connectivity index (χ0v) is 15.0. The summed E-state index contributed by atoms with van der Waals surface area (Å²) in [6, 6.07) is 14.7. The van der Waals surface area contributed by atoms with Crippen LogP contribution in [0.3, 0.4) is 0 Å². The van der Waals surface area contributed by atoms with Gasteiger partial charge in [0.25, 0.3) is 0 Å².